The molecule has 122 valence electrons. The molecule has 6 heteroatoms. The first-order valence-corrected chi connectivity index (χ1v) is 6.18. The lowest BCUT2D eigenvalue weighted by atomic mass is 9.90. The molecule has 0 amide bonds. The molecule has 0 aromatic carbocycles. The third-order valence-corrected chi connectivity index (χ3v) is 2.57. The van der Waals surface area contributed by atoms with Crippen LogP contribution in [0.2, 0.25) is 0 Å². The van der Waals surface area contributed by atoms with Gasteiger partial charge in [0.25, 0.3) is 0 Å². The normalized spacial score (nSPS) is 15.8. The summed E-state index contributed by atoms with van der Waals surface area (Å²) in [7, 11) is 0. The summed E-state index contributed by atoms with van der Waals surface area (Å²) in [5.74, 6) is 0. The Morgan fingerprint density at radius 2 is 1.45 bits per heavy atom. The summed E-state index contributed by atoms with van der Waals surface area (Å²) in [6.45, 7) is 8.83. The highest BCUT2D eigenvalue weighted by Crippen LogP contribution is 2.41. The Balaban J connectivity index is 6.85. The topological polar surface area (TPSA) is 0 Å². The van der Waals surface area contributed by atoms with Crippen LogP contribution in [0.1, 0.15) is 13.8 Å². The average Bonchev–Trinajstić information content (AvgIpc) is 2.35. The SMILES string of the molecule is C=C/C=C(\C=C/C)C(/C(=C\C)C(F)(F)F)=C(/C=C)C(F)(F)F. The molecular formula is C16H16F6. The molecular weight excluding hydrogens is 306 g/mol. The summed E-state index contributed by atoms with van der Waals surface area (Å²) >= 11 is 0. The zero-order chi connectivity index (χ0) is 17.6. The summed E-state index contributed by atoms with van der Waals surface area (Å²) in [6.07, 6.45) is -4.23. The summed E-state index contributed by atoms with van der Waals surface area (Å²) in [4.78, 5) is 0. The van der Waals surface area contributed by atoms with Gasteiger partial charge >= 0.3 is 12.4 Å². The van der Waals surface area contributed by atoms with Gasteiger partial charge in [-0.1, -0.05) is 49.6 Å². The zero-order valence-corrected chi connectivity index (χ0v) is 12.1. The molecule has 0 heterocycles. The van der Waals surface area contributed by atoms with Crippen molar-refractivity contribution in [3.05, 3.63) is 71.9 Å². The number of hydrogen-bond donors (Lipinski definition) is 0. The lowest BCUT2D eigenvalue weighted by Gasteiger charge is -2.21. The van der Waals surface area contributed by atoms with Gasteiger partial charge in [-0.05, 0) is 19.4 Å². The van der Waals surface area contributed by atoms with Crippen LogP contribution in [0, 0.1) is 0 Å². The number of rotatable bonds is 5. The van der Waals surface area contributed by atoms with Gasteiger partial charge in [0.15, 0.2) is 0 Å². The van der Waals surface area contributed by atoms with Crippen molar-refractivity contribution in [2.45, 2.75) is 26.2 Å². The van der Waals surface area contributed by atoms with Crippen molar-refractivity contribution in [1.29, 1.82) is 0 Å². The van der Waals surface area contributed by atoms with E-state index < -0.39 is 29.1 Å². The molecule has 0 fully saturated rings. The first kappa shape index (κ1) is 20.0. The zero-order valence-electron chi connectivity index (χ0n) is 12.1. The molecule has 0 aromatic heterocycles. The standard InChI is InChI=1S/C16H16F6/c1-5-9-11(10-6-2)14(12(7-3)15(17,18)19)13(8-4)16(20,21)22/h5-10H,1,3H2,2,4H3/b10-6-,11-9+,13-8+,14-12+. The molecule has 0 atom stereocenters. The van der Waals surface area contributed by atoms with Crippen molar-refractivity contribution >= 4 is 0 Å². The van der Waals surface area contributed by atoms with Crippen LogP contribution in [0.3, 0.4) is 0 Å². The molecule has 0 unspecified atom stereocenters. The minimum Gasteiger partial charge on any atom is -0.166 e. The molecule has 0 rings (SSSR count). The molecule has 0 aliphatic carbocycles. The Morgan fingerprint density at radius 3 is 1.73 bits per heavy atom. The molecule has 0 radical (unpaired) electrons. The lowest BCUT2D eigenvalue weighted by molar-refractivity contribution is -0.0947. The quantitative estimate of drug-likeness (QED) is 0.416. The van der Waals surface area contributed by atoms with Gasteiger partial charge in [0.1, 0.15) is 0 Å². The first-order valence-electron chi connectivity index (χ1n) is 6.18. The van der Waals surface area contributed by atoms with Crippen molar-refractivity contribution in [3.8, 4) is 0 Å². The Kier molecular flexibility index (Phi) is 7.16. The molecule has 0 spiro atoms. The molecule has 0 nitrogen and oxygen atoms in total. The van der Waals surface area contributed by atoms with Gasteiger partial charge in [-0.3, -0.25) is 0 Å². The molecule has 0 saturated carbocycles. The Hall–Kier alpha value is -1.98. The van der Waals surface area contributed by atoms with E-state index in [0.29, 0.717) is 12.2 Å². The Bertz CT molecular complexity index is 536. The van der Waals surface area contributed by atoms with Crippen LogP contribution in [-0.2, 0) is 0 Å². The summed E-state index contributed by atoms with van der Waals surface area (Å²) in [6, 6.07) is 0. The van der Waals surface area contributed by atoms with Gasteiger partial charge in [-0.15, -0.1) is 0 Å². The van der Waals surface area contributed by atoms with E-state index in [4.69, 9.17) is 0 Å². The van der Waals surface area contributed by atoms with Crippen LogP contribution in [0.25, 0.3) is 0 Å². The van der Waals surface area contributed by atoms with Crippen molar-refractivity contribution in [2.24, 2.45) is 0 Å². The predicted molar refractivity (Wildman–Crippen MR) is 76.2 cm³/mol. The van der Waals surface area contributed by atoms with Gasteiger partial charge in [-0.2, -0.15) is 26.3 Å². The summed E-state index contributed by atoms with van der Waals surface area (Å²) in [5.41, 5.74) is -4.07. The Morgan fingerprint density at radius 1 is 0.909 bits per heavy atom. The van der Waals surface area contributed by atoms with E-state index in [1.54, 1.807) is 0 Å². The van der Waals surface area contributed by atoms with Crippen LogP contribution in [0.4, 0.5) is 26.3 Å². The smallest absolute Gasteiger partial charge is 0.166 e. The molecule has 0 aromatic rings. The minimum atomic E-state index is -4.97. The van der Waals surface area contributed by atoms with E-state index in [2.05, 4.69) is 13.2 Å². The molecule has 0 aliphatic heterocycles. The fourth-order valence-electron chi connectivity index (χ4n) is 1.79. The maximum atomic E-state index is 13.1. The van der Waals surface area contributed by atoms with Crippen LogP contribution < -0.4 is 0 Å². The number of hydrogen-bond acceptors (Lipinski definition) is 0. The molecule has 0 N–H and O–H groups in total. The second-order valence-corrected chi connectivity index (χ2v) is 4.05. The molecule has 0 aliphatic rings. The van der Waals surface area contributed by atoms with Crippen molar-refractivity contribution in [1.82, 2.24) is 0 Å². The third kappa shape index (κ3) is 5.09. The maximum Gasteiger partial charge on any atom is 0.417 e. The van der Waals surface area contributed by atoms with Gasteiger partial charge in [-0.25, -0.2) is 0 Å². The lowest BCUT2D eigenvalue weighted by Crippen LogP contribution is -2.21. The average molecular weight is 322 g/mol. The monoisotopic (exact) mass is 322 g/mol. The highest BCUT2D eigenvalue weighted by atomic mass is 19.4. The van der Waals surface area contributed by atoms with Gasteiger partial charge in [0, 0.05) is 5.57 Å². The van der Waals surface area contributed by atoms with Crippen molar-refractivity contribution < 1.29 is 26.3 Å². The van der Waals surface area contributed by atoms with Gasteiger partial charge in [0.05, 0.1) is 11.1 Å². The fraction of sp³-hybridized carbons (Fsp3) is 0.250. The number of alkyl halides is 6. The molecule has 0 saturated heterocycles. The Labute approximate surface area is 125 Å². The molecule has 0 bridgehead atoms. The minimum absolute atomic E-state index is 0.254. The predicted octanol–water partition coefficient (Wildman–Crippen LogP) is 6.23. The maximum absolute atomic E-state index is 13.1. The third-order valence-electron chi connectivity index (χ3n) is 2.57. The van der Waals surface area contributed by atoms with Crippen LogP contribution in [0.15, 0.2) is 71.9 Å². The van der Waals surface area contributed by atoms with Crippen LogP contribution in [0.5, 0.6) is 0 Å². The molecule has 22 heavy (non-hydrogen) atoms. The van der Waals surface area contributed by atoms with E-state index in [-0.39, 0.29) is 5.57 Å². The summed E-state index contributed by atoms with van der Waals surface area (Å²) in [5, 5.41) is 0. The second-order valence-electron chi connectivity index (χ2n) is 4.05. The second kappa shape index (κ2) is 7.87. The fourth-order valence-corrected chi connectivity index (χ4v) is 1.79. The summed E-state index contributed by atoms with van der Waals surface area (Å²) < 4.78 is 78.6. The van der Waals surface area contributed by atoms with E-state index in [1.807, 2.05) is 0 Å². The van der Waals surface area contributed by atoms with Gasteiger partial charge < -0.3 is 0 Å². The van der Waals surface area contributed by atoms with E-state index in [9.17, 15) is 26.3 Å². The van der Waals surface area contributed by atoms with E-state index in [0.717, 1.165) is 25.2 Å². The van der Waals surface area contributed by atoms with Crippen molar-refractivity contribution in [3.63, 3.8) is 0 Å². The highest BCUT2D eigenvalue weighted by Gasteiger charge is 2.42. The van der Waals surface area contributed by atoms with Gasteiger partial charge in [0.2, 0.25) is 0 Å². The van der Waals surface area contributed by atoms with E-state index in [1.165, 1.54) is 13.0 Å². The van der Waals surface area contributed by atoms with Crippen LogP contribution in [-0.4, -0.2) is 12.4 Å². The number of halogens is 6. The van der Waals surface area contributed by atoms with E-state index >= 15 is 0 Å². The first-order chi connectivity index (χ1) is 10.0. The van der Waals surface area contributed by atoms with Crippen molar-refractivity contribution in [2.75, 3.05) is 0 Å². The highest BCUT2D eigenvalue weighted by molar-refractivity contribution is 5.59. The van der Waals surface area contributed by atoms with Crippen LogP contribution >= 0.6 is 0 Å². The number of allylic oxidation sites excluding steroid dienone is 10. The largest absolute Gasteiger partial charge is 0.417 e.